The van der Waals surface area contributed by atoms with E-state index in [4.69, 9.17) is 9.47 Å². The Morgan fingerprint density at radius 2 is 1.32 bits per heavy atom. The van der Waals surface area contributed by atoms with Crippen molar-refractivity contribution in [1.29, 1.82) is 0 Å². The number of carbonyl (C=O) groups excluding carboxylic acids is 1. The molecule has 0 aliphatic rings. The average molecular weight is 436 g/mol. The summed E-state index contributed by atoms with van der Waals surface area (Å²) in [6, 6.07) is 28.0. The molecule has 0 amide bonds. The zero-order chi connectivity index (χ0) is 22.1. The lowest BCUT2D eigenvalue weighted by molar-refractivity contribution is 0.131. The van der Waals surface area contributed by atoms with Gasteiger partial charge in [-0.2, -0.15) is 4.79 Å². The standard InChI is InChI=1S/C27H31O3S/c1-27(2,3)30-23-19-17-22(18-20-23)12-10-11-21-29-26(28)31(24-13-6-4-7-14-24)25-15-8-5-9-16-25/h4-9,13-20H,10-12,21H2,1-3H3/q+1. The molecule has 162 valence electrons. The Morgan fingerprint density at radius 1 is 0.774 bits per heavy atom. The molecule has 0 aliphatic carbocycles. The second-order valence-corrected chi connectivity index (χ2v) is 10.2. The summed E-state index contributed by atoms with van der Waals surface area (Å²) in [5.74, 6) is 0.888. The van der Waals surface area contributed by atoms with Gasteiger partial charge in [-0.05, 0) is 82.0 Å². The fourth-order valence-corrected chi connectivity index (χ4v) is 4.88. The van der Waals surface area contributed by atoms with Gasteiger partial charge in [-0.15, -0.1) is 0 Å². The summed E-state index contributed by atoms with van der Waals surface area (Å²) in [6.07, 6.45) is 2.76. The van der Waals surface area contributed by atoms with Gasteiger partial charge in [-0.25, -0.2) is 0 Å². The summed E-state index contributed by atoms with van der Waals surface area (Å²) in [7, 11) is -0.724. The highest BCUT2D eigenvalue weighted by Crippen LogP contribution is 2.25. The van der Waals surface area contributed by atoms with Crippen LogP contribution in [0.2, 0.25) is 0 Å². The fraction of sp³-hybridized carbons (Fsp3) is 0.296. The smallest absolute Gasteiger partial charge is 0.488 e. The van der Waals surface area contributed by atoms with Gasteiger partial charge in [0.15, 0.2) is 20.7 Å². The van der Waals surface area contributed by atoms with Gasteiger partial charge in [-0.1, -0.05) is 48.5 Å². The highest BCUT2D eigenvalue weighted by molar-refractivity contribution is 8.10. The first-order valence-corrected chi connectivity index (χ1v) is 11.9. The van der Waals surface area contributed by atoms with Crippen LogP contribution < -0.4 is 4.74 Å². The highest BCUT2D eigenvalue weighted by Gasteiger charge is 2.36. The topological polar surface area (TPSA) is 35.5 Å². The van der Waals surface area contributed by atoms with Crippen molar-refractivity contribution in [1.82, 2.24) is 0 Å². The molecule has 0 atom stereocenters. The SMILES string of the molecule is CC(C)(C)Oc1ccc(CCCCOC(=O)[S+](c2ccccc2)c2ccccc2)cc1. The molecule has 0 saturated carbocycles. The normalized spacial score (nSPS) is 11.4. The molecule has 3 aromatic rings. The molecule has 0 bridgehead atoms. The Morgan fingerprint density at radius 3 is 1.84 bits per heavy atom. The van der Waals surface area contributed by atoms with Crippen LogP contribution in [-0.4, -0.2) is 17.5 Å². The van der Waals surface area contributed by atoms with Crippen LogP contribution in [-0.2, 0) is 22.1 Å². The second kappa shape index (κ2) is 11.1. The number of hydrogen-bond donors (Lipinski definition) is 0. The molecule has 0 unspecified atom stereocenters. The Balaban J connectivity index is 1.48. The van der Waals surface area contributed by atoms with Gasteiger partial charge in [0.2, 0.25) is 0 Å². The lowest BCUT2D eigenvalue weighted by Crippen LogP contribution is -2.22. The molecule has 0 heterocycles. The van der Waals surface area contributed by atoms with Gasteiger partial charge in [0.05, 0.1) is 6.61 Å². The van der Waals surface area contributed by atoms with Gasteiger partial charge in [0.1, 0.15) is 11.4 Å². The number of benzene rings is 3. The highest BCUT2D eigenvalue weighted by atomic mass is 32.2. The van der Waals surface area contributed by atoms with E-state index in [1.165, 1.54) is 5.56 Å². The monoisotopic (exact) mass is 435 g/mol. The van der Waals surface area contributed by atoms with Crippen LogP contribution in [0.3, 0.4) is 0 Å². The van der Waals surface area contributed by atoms with E-state index in [1.807, 2.05) is 93.6 Å². The summed E-state index contributed by atoms with van der Waals surface area (Å²) in [5.41, 5.74) is 1.07. The number of hydrogen-bond acceptors (Lipinski definition) is 3. The van der Waals surface area contributed by atoms with Crippen LogP contribution in [0.25, 0.3) is 0 Å². The van der Waals surface area contributed by atoms with Crippen LogP contribution in [0.5, 0.6) is 5.75 Å². The molecule has 4 heteroatoms. The van der Waals surface area contributed by atoms with E-state index in [0.717, 1.165) is 34.8 Å². The largest absolute Gasteiger partial charge is 0.537 e. The average Bonchev–Trinajstić information content (AvgIpc) is 2.75. The summed E-state index contributed by atoms with van der Waals surface area (Å²) >= 11 is 0. The maximum absolute atomic E-state index is 12.9. The molecular formula is C27H31O3S+. The van der Waals surface area contributed by atoms with E-state index in [0.29, 0.717) is 6.61 Å². The molecule has 0 radical (unpaired) electrons. The Bertz CT molecular complexity index is 892. The van der Waals surface area contributed by atoms with Crippen molar-refractivity contribution in [2.24, 2.45) is 0 Å². The molecular weight excluding hydrogens is 404 g/mol. The van der Waals surface area contributed by atoms with Crippen molar-refractivity contribution in [2.45, 2.75) is 55.4 Å². The summed E-state index contributed by atoms with van der Waals surface area (Å²) in [5, 5.41) is -0.166. The van der Waals surface area contributed by atoms with Gasteiger partial charge in [0.25, 0.3) is 0 Å². The Kier molecular flexibility index (Phi) is 8.19. The first kappa shape index (κ1) is 23.0. The zero-order valence-electron chi connectivity index (χ0n) is 18.5. The molecule has 0 aromatic heterocycles. The van der Waals surface area contributed by atoms with Crippen LogP contribution >= 0.6 is 0 Å². The molecule has 0 aliphatic heterocycles. The Labute approximate surface area is 188 Å². The quantitative estimate of drug-likeness (QED) is 0.216. The van der Waals surface area contributed by atoms with Crippen LogP contribution in [0.15, 0.2) is 94.7 Å². The van der Waals surface area contributed by atoms with Crippen molar-refractivity contribution in [3.05, 3.63) is 90.5 Å². The Hall–Kier alpha value is -2.72. The van der Waals surface area contributed by atoms with E-state index in [-0.39, 0.29) is 10.9 Å². The van der Waals surface area contributed by atoms with Gasteiger partial charge in [-0.3, -0.25) is 0 Å². The van der Waals surface area contributed by atoms with Crippen molar-refractivity contribution < 1.29 is 14.3 Å². The number of carbonyl (C=O) groups is 1. The fourth-order valence-electron chi connectivity index (χ4n) is 3.17. The molecule has 3 rings (SSSR count). The minimum absolute atomic E-state index is 0.166. The second-order valence-electron chi connectivity index (χ2n) is 8.35. The molecule has 3 aromatic carbocycles. The van der Waals surface area contributed by atoms with E-state index in [1.54, 1.807) is 0 Å². The summed E-state index contributed by atoms with van der Waals surface area (Å²) in [4.78, 5) is 14.9. The van der Waals surface area contributed by atoms with Gasteiger partial charge >= 0.3 is 5.30 Å². The number of unbranched alkanes of at least 4 members (excludes halogenated alkanes) is 1. The first-order valence-electron chi connectivity index (χ1n) is 10.7. The zero-order valence-corrected chi connectivity index (χ0v) is 19.4. The summed E-state index contributed by atoms with van der Waals surface area (Å²) in [6.45, 7) is 6.57. The third kappa shape index (κ3) is 7.48. The maximum atomic E-state index is 12.9. The van der Waals surface area contributed by atoms with E-state index < -0.39 is 10.9 Å². The van der Waals surface area contributed by atoms with Gasteiger partial charge < -0.3 is 9.47 Å². The molecule has 0 saturated heterocycles. The first-order chi connectivity index (χ1) is 14.9. The van der Waals surface area contributed by atoms with Crippen molar-refractivity contribution in [3.63, 3.8) is 0 Å². The molecule has 3 nitrogen and oxygen atoms in total. The van der Waals surface area contributed by atoms with Crippen molar-refractivity contribution in [3.8, 4) is 5.75 Å². The molecule has 31 heavy (non-hydrogen) atoms. The minimum atomic E-state index is -0.724. The third-order valence-corrected chi connectivity index (χ3v) is 6.49. The number of rotatable bonds is 8. The molecule has 0 fully saturated rings. The van der Waals surface area contributed by atoms with E-state index >= 15 is 0 Å². The number of ether oxygens (including phenoxy) is 2. The van der Waals surface area contributed by atoms with E-state index in [2.05, 4.69) is 12.1 Å². The number of aryl methyl sites for hydroxylation is 1. The lowest BCUT2D eigenvalue weighted by atomic mass is 10.1. The predicted molar refractivity (Wildman–Crippen MR) is 128 cm³/mol. The van der Waals surface area contributed by atoms with Crippen LogP contribution in [0.1, 0.15) is 39.2 Å². The maximum Gasteiger partial charge on any atom is 0.537 e. The van der Waals surface area contributed by atoms with Crippen molar-refractivity contribution >= 4 is 16.2 Å². The molecule has 0 N–H and O–H groups in total. The van der Waals surface area contributed by atoms with Crippen molar-refractivity contribution in [2.75, 3.05) is 6.61 Å². The predicted octanol–water partition coefficient (Wildman–Crippen LogP) is 7.06. The molecule has 0 spiro atoms. The van der Waals surface area contributed by atoms with Crippen LogP contribution in [0, 0.1) is 0 Å². The lowest BCUT2D eigenvalue weighted by Gasteiger charge is -2.21. The van der Waals surface area contributed by atoms with Gasteiger partial charge in [0, 0.05) is 0 Å². The van der Waals surface area contributed by atoms with Crippen LogP contribution in [0.4, 0.5) is 4.79 Å². The van der Waals surface area contributed by atoms with E-state index in [9.17, 15) is 4.79 Å². The summed E-state index contributed by atoms with van der Waals surface area (Å²) < 4.78 is 11.5. The third-order valence-electron chi connectivity index (χ3n) is 4.55. The minimum Gasteiger partial charge on any atom is -0.488 e.